The Hall–Kier alpha value is -2.59. The average Bonchev–Trinajstić information content (AvgIpc) is 2.67. The lowest BCUT2D eigenvalue weighted by molar-refractivity contribution is -0.118. The normalized spacial score (nSPS) is 19.2. The summed E-state index contributed by atoms with van der Waals surface area (Å²) in [5, 5.41) is 3.66. The highest BCUT2D eigenvalue weighted by Crippen LogP contribution is 2.40. The molecule has 0 saturated heterocycles. The van der Waals surface area contributed by atoms with Gasteiger partial charge in [-0.2, -0.15) is 0 Å². The first-order valence-electron chi connectivity index (χ1n) is 9.69. The maximum Gasteiger partial charge on any atom is 0.226 e. The number of anilines is 2. The fourth-order valence-corrected chi connectivity index (χ4v) is 3.72. The molecule has 4 nitrogen and oxygen atoms in total. The number of amides is 1. The number of benzene rings is 2. The van der Waals surface area contributed by atoms with E-state index in [-0.39, 0.29) is 18.0 Å². The van der Waals surface area contributed by atoms with E-state index in [4.69, 9.17) is 5.73 Å². The molecule has 3 N–H and O–H groups in total. The van der Waals surface area contributed by atoms with Gasteiger partial charge in [-0.25, -0.2) is 0 Å². The van der Waals surface area contributed by atoms with E-state index < -0.39 is 0 Å². The van der Waals surface area contributed by atoms with Crippen LogP contribution in [-0.4, -0.2) is 18.5 Å². The number of fused-ring (bicyclic) bond motifs is 1. The summed E-state index contributed by atoms with van der Waals surface area (Å²) in [6.45, 7) is 6.64. The topological polar surface area (TPSA) is 58.4 Å². The third-order valence-electron chi connectivity index (χ3n) is 5.12. The van der Waals surface area contributed by atoms with Crippen LogP contribution in [0.2, 0.25) is 0 Å². The predicted molar refractivity (Wildman–Crippen MR) is 114 cm³/mol. The number of nitrogens with two attached hydrogens (primary N) is 1. The van der Waals surface area contributed by atoms with E-state index in [0.29, 0.717) is 13.0 Å². The van der Waals surface area contributed by atoms with Crippen LogP contribution in [0.5, 0.6) is 0 Å². The van der Waals surface area contributed by atoms with Crippen molar-refractivity contribution in [3.05, 3.63) is 65.2 Å². The standard InChI is InChI=1S/C23H29N3O/c1-4-23(27)26-17(3)14-21(25-19-10-7-16(2)8-11-19)20-12-9-18(6-5-13-24)15-22(20)26/h5-12,15,17,21,25H,4,13-14,24H2,1-3H3/b6-5+. The number of hydrogen-bond acceptors (Lipinski definition) is 3. The van der Waals surface area contributed by atoms with Crippen molar-refractivity contribution in [3.63, 3.8) is 0 Å². The Morgan fingerprint density at radius 2 is 2.00 bits per heavy atom. The summed E-state index contributed by atoms with van der Waals surface area (Å²) in [6, 6.07) is 15.1. The Labute approximate surface area is 162 Å². The van der Waals surface area contributed by atoms with Crippen molar-refractivity contribution in [1.29, 1.82) is 0 Å². The Balaban J connectivity index is 1.99. The van der Waals surface area contributed by atoms with Crippen molar-refractivity contribution in [3.8, 4) is 0 Å². The molecular weight excluding hydrogens is 334 g/mol. The zero-order chi connectivity index (χ0) is 19.4. The lowest BCUT2D eigenvalue weighted by atomic mass is 9.90. The monoisotopic (exact) mass is 363 g/mol. The second-order valence-electron chi connectivity index (χ2n) is 7.22. The number of aryl methyl sites for hydroxylation is 1. The molecule has 1 aliphatic heterocycles. The molecule has 2 aromatic rings. The molecular formula is C23H29N3O. The SMILES string of the molecule is CCC(=O)N1c2cc(/C=C/CN)ccc2C(Nc2ccc(C)cc2)CC1C. The average molecular weight is 364 g/mol. The van der Waals surface area contributed by atoms with Crippen LogP contribution in [0.4, 0.5) is 11.4 Å². The molecule has 1 aliphatic rings. The number of nitrogens with one attached hydrogen (secondary N) is 1. The number of nitrogens with zero attached hydrogens (tertiary/aromatic N) is 1. The van der Waals surface area contributed by atoms with Crippen LogP contribution in [0.15, 0.2) is 48.5 Å². The Morgan fingerprint density at radius 3 is 2.67 bits per heavy atom. The Bertz CT molecular complexity index is 826. The van der Waals surface area contributed by atoms with Crippen LogP contribution in [0.1, 0.15) is 49.4 Å². The molecule has 0 aromatic heterocycles. The summed E-state index contributed by atoms with van der Waals surface area (Å²) < 4.78 is 0. The largest absolute Gasteiger partial charge is 0.378 e. The minimum Gasteiger partial charge on any atom is -0.378 e. The van der Waals surface area contributed by atoms with Crippen molar-refractivity contribution < 1.29 is 4.79 Å². The Kier molecular flexibility index (Phi) is 5.97. The van der Waals surface area contributed by atoms with Crippen LogP contribution in [-0.2, 0) is 4.79 Å². The second-order valence-corrected chi connectivity index (χ2v) is 7.22. The summed E-state index contributed by atoms with van der Waals surface area (Å²) in [4.78, 5) is 14.6. The maximum absolute atomic E-state index is 12.6. The van der Waals surface area contributed by atoms with Gasteiger partial charge in [0.1, 0.15) is 0 Å². The van der Waals surface area contributed by atoms with Crippen LogP contribution >= 0.6 is 0 Å². The second kappa shape index (κ2) is 8.40. The van der Waals surface area contributed by atoms with E-state index in [1.54, 1.807) is 0 Å². The van der Waals surface area contributed by atoms with Gasteiger partial charge in [-0.05, 0) is 49.6 Å². The fraction of sp³-hybridized carbons (Fsp3) is 0.348. The van der Waals surface area contributed by atoms with Gasteiger partial charge in [0, 0.05) is 30.4 Å². The Morgan fingerprint density at radius 1 is 1.26 bits per heavy atom. The minimum absolute atomic E-state index is 0.140. The van der Waals surface area contributed by atoms with Gasteiger partial charge in [-0.15, -0.1) is 0 Å². The number of rotatable bonds is 5. The van der Waals surface area contributed by atoms with Crippen molar-refractivity contribution >= 4 is 23.4 Å². The van der Waals surface area contributed by atoms with Crippen LogP contribution in [0.25, 0.3) is 6.08 Å². The molecule has 142 valence electrons. The van der Waals surface area contributed by atoms with E-state index in [2.05, 4.69) is 61.6 Å². The van der Waals surface area contributed by atoms with Gasteiger partial charge in [-0.3, -0.25) is 4.79 Å². The van der Waals surface area contributed by atoms with Gasteiger partial charge in [0.05, 0.1) is 6.04 Å². The summed E-state index contributed by atoms with van der Waals surface area (Å²) in [6.07, 6.45) is 5.33. The molecule has 2 unspecified atom stereocenters. The van der Waals surface area contributed by atoms with Crippen LogP contribution < -0.4 is 16.0 Å². The van der Waals surface area contributed by atoms with E-state index in [1.165, 1.54) is 11.1 Å². The number of hydrogen-bond donors (Lipinski definition) is 2. The molecule has 2 aromatic carbocycles. The maximum atomic E-state index is 12.6. The smallest absolute Gasteiger partial charge is 0.226 e. The van der Waals surface area contributed by atoms with Crippen molar-refractivity contribution in [2.75, 3.05) is 16.8 Å². The molecule has 0 spiro atoms. The highest BCUT2D eigenvalue weighted by Gasteiger charge is 2.33. The number of carbonyl (C=O) groups is 1. The van der Waals surface area contributed by atoms with E-state index >= 15 is 0 Å². The van der Waals surface area contributed by atoms with Gasteiger partial charge < -0.3 is 16.0 Å². The molecule has 0 radical (unpaired) electrons. The molecule has 0 fully saturated rings. The predicted octanol–water partition coefficient (Wildman–Crippen LogP) is 4.66. The van der Waals surface area contributed by atoms with Gasteiger partial charge in [0.25, 0.3) is 0 Å². The molecule has 0 aliphatic carbocycles. The third kappa shape index (κ3) is 4.22. The van der Waals surface area contributed by atoms with Crippen LogP contribution in [0, 0.1) is 6.92 Å². The molecule has 1 heterocycles. The fourth-order valence-electron chi connectivity index (χ4n) is 3.72. The summed E-state index contributed by atoms with van der Waals surface area (Å²) >= 11 is 0. The first kappa shape index (κ1) is 19.2. The highest BCUT2D eigenvalue weighted by atomic mass is 16.2. The van der Waals surface area contributed by atoms with Gasteiger partial charge >= 0.3 is 0 Å². The van der Waals surface area contributed by atoms with Gasteiger partial charge in [-0.1, -0.05) is 48.9 Å². The molecule has 0 bridgehead atoms. The summed E-state index contributed by atoms with van der Waals surface area (Å²) in [7, 11) is 0. The highest BCUT2D eigenvalue weighted by molar-refractivity contribution is 5.95. The summed E-state index contributed by atoms with van der Waals surface area (Å²) in [5.41, 5.74) is 11.2. The van der Waals surface area contributed by atoms with Crippen molar-refractivity contribution in [1.82, 2.24) is 0 Å². The van der Waals surface area contributed by atoms with E-state index in [0.717, 1.165) is 23.4 Å². The quantitative estimate of drug-likeness (QED) is 0.812. The molecule has 2 atom stereocenters. The van der Waals surface area contributed by atoms with E-state index in [1.807, 2.05) is 24.0 Å². The van der Waals surface area contributed by atoms with Crippen molar-refractivity contribution in [2.24, 2.45) is 5.73 Å². The lowest BCUT2D eigenvalue weighted by Crippen LogP contribution is -2.44. The minimum atomic E-state index is 0.140. The molecule has 27 heavy (non-hydrogen) atoms. The lowest BCUT2D eigenvalue weighted by Gasteiger charge is -2.40. The van der Waals surface area contributed by atoms with E-state index in [9.17, 15) is 4.79 Å². The number of carbonyl (C=O) groups excluding carboxylic acids is 1. The molecule has 4 heteroatoms. The molecule has 3 rings (SSSR count). The van der Waals surface area contributed by atoms with Gasteiger partial charge in [0.15, 0.2) is 0 Å². The molecule has 1 amide bonds. The van der Waals surface area contributed by atoms with Crippen molar-refractivity contribution in [2.45, 2.75) is 45.7 Å². The molecule has 0 saturated carbocycles. The van der Waals surface area contributed by atoms with Gasteiger partial charge in [0.2, 0.25) is 5.91 Å². The first-order chi connectivity index (χ1) is 13.0. The zero-order valence-corrected chi connectivity index (χ0v) is 16.4. The van der Waals surface area contributed by atoms with Crippen LogP contribution in [0.3, 0.4) is 0 Å². The third-order valence-corrected chi connectivity index (χ3v) is 5.12. The zero-order valence-electron chi connectivity index (χ0n) is 16.4. The summed E-state index contributed by atoms with van der Waals surface area (Å²) in [5.74, 6) is 0.164. The first-order valence-corrected chi connectivity index (χ1v) is 9.69.